The Morgan fingerprint density at radius 2 is 1.90 bits per heavy atom. The first-order valence-electron chi connectivity index (χ1n) is 9.86. The molecule has 0 unspecified atom stereocenters. The van der Waals surface area contributed by atoms with E-state index in [1.54, 1.807) is 30.6 Å². The number of hydrogen-bond donors (Lipinski definition) is 1. The van der Waals surface area contributed by atoms with Crippen LogP contribution in [0, 0.1) is 12.7 Å². The zero-order valence-corrected chi connectivity index (χ0v) is 16.8. The molecule has 1 aromatic carbocycles. The first-order valence-corrected chi connectivity index (χ1v) is 9.86. The Labute approximate surface area is 174 Å². The summed E-state index contributed by atoms with van der Waals surface area (Å²) in [5, 5.41) is 2.64. The van der Waals surface area contributed by atoms with Gasteiger partial charge in [0.1, 0.15) is 11.6 Å². The number of rotatable bonds is 5. The predicted molar refractivity (Wildman–Crippen MR) is 114 cm³/mol. The quantitative estimate of drug-likeness (QED) is 0.702. The van der Waals surface area contributed by atoms with Crippen LogP contribution in [-0.4, -0.2) is 58.5 Å². The Morgan fingerprint density at radius 3 is 2.63 bits per heavy atom. The molecule has 2 aromatic heterocycles. The van der Waals surface area contributed by atoms with Gasteiger partial charge in [-0.2, -0.15) is 0 Å². The van der Waals surface area contributed by atoms with Gasteiger partial charge in [0, 0.05) is 55.9 Å². The number of amides is 1. The zero-order chi connectivity index (χ0) is 20.9. The Hall–Kier alpha value is -3.39. The van der Waals surface area contributed by atoms with Crippen LogP contribution < -0.4 is 10.2 Å². The van der Waals surface area contributed by atoms with Gasteiger partial charge in [0.2, 0.25) is 5.91 Å². The van der Waals surface area contributed by atoms with E-state index in [2.05, 4.69) is 25.1 Å². The van der Waals surface area contributed by atoms with Gasteiger partial charge >= 0.3 is 0 Å². The summed E-state index contributed by atoms with van der Waals surface area (Å²) in [6.45, 7) is 5.11. The predicted octanol–water partition coefficient (Wildman–Crippen LogP) is 2.75. The van der Waals surface area contributed by atoms with Crippen molar-refractivity contribution in [2.45, 2.75) is 6.92 Å². The lowest BCUT2D eigenvalue weighted by Crippen LogP contribution is -2.49. The van der Waals surface area contributed by atoms with Gasteiger partial charge in [-0.15, -0.1) is 0 Å². The number of hydrogen-bond acceptors (Lipinski definition) is 6. The average molecular weight is 406 g/mol. The summed E-state index contributed by atoms with van der Waals surface area (Å²) in [5.74, 6) is 0.881. The number of piperazine rings is 1. The minimum Gasteiger partial charge on any atom is -0.354 e. The molecule has 154 valence electrons. The molecule has 8 heteroatoms. The van der Waals surface area contributed by atoms with E-state index in [0.29, 0.717) is 5.82 Å². The topological polar surface area (TPSA) is 74.2 Å². The second kappa shape index (κ2) is 8.96. The Kier molecular flexibility index (Phi) is 5.94. The third-order valence-electron chi connectivity index (χ3n) is 4.97. The van der Waals surface area contributed by atoms with Crippen molar-refractivity contribution in [3.63, 3.8) is 0 Å². The van der Waals surface area contributed by atoms with Gasteiger partial charge < -0.3 is 10.2 Å². The van der Waals surface area contributed by atoms with E-state index >= 15 is 0 Å². The highest BCUT2D eigenvalue weighted by Crippen LogP contribution is 2.20. The summed E-state index contributed by atoms with van der Waals surface area (Å²) in [6.07, 6.45) is 3.48. The summed E-state index contributed by atoms with van der Waals surface area (Å²) < 4.78 is 13.7. The van der Waals surface area contributed by atoms with Crippen LogP contribution in [0.5, 0.6) is 0 Å². The van der Waals surface area contributed by atoms with Crippen LogP contribution in [0.15, 0.2) is 54.9 Å². The van der Waals surface area contributed by atoms with Gasteiger partial charge in [0.05, 0.1) is 12.2 Å². The number of pyridine rings is 1. The lowest BCUT2D eigenvalue weighted by Gasteiger charge is -2.35. The minimum absolute atomic E-state index is 0.209. The third-order valence-corrected chi connectivity index (χ3v) is 4.97. The molecule has 0 saturated carbocycles. The highest BCUT2D eigenvalue weighted by atomic mass is 19.1. The van der Waals surface area contributed by atoms with E-state index in [-0.39, 0.29) is 18.1 Å². The van der Waals surface area contributed by atoms with E-state index in [9.17, 15) is 9.18 Å². The maximum absolute atomic E-state index is 13.7. The Balaban J connectivity index is 1.36. The van der Waals surface area contributed by atoms with E-state index in [1.165, 1.54) is 6.07 Å². The van der Waals surface area contributed by atoms with Gasteiger partial charge in [-0.3, -0.25) is 14.7 Å². The van der Waals surface area contributed by atoms with Gasteiger partial charge in [-0.05, 0) is 31.2 Å². The van der Waals surface area contributed by atoms with Crippen LogP contribution in [0.25, 0.3) is 11.4 Å². The van der Waals surface area contributed by atoms with Crippen molar-refractivity contribution in [1.82, 2.24) is 19.9 Å². The summed E-state index contributed by atoms with van der Waals surface area (Å²) in [4.78, 5) is 29.9. The van der Waals surface area contributed by atoms with Crippen molar-refractivity contribution < 1.29 is 9.18 Å². The number of aryl methyl sites for hydroxylation is 1. The van der Waals surface area contributed by atoms with Gasteiger partial charge in [0.25, 0.3) is 0 Å². The fourth-order valence-electron chi connectivity index (χ4n) is 3.43. The SMILES string of the molecule is Cc1cc(N2CCN(CC(=O)Nc3ccccc3F)CC2)nc(-c2cccnc2)n1. The number of carbonyl (C=O) groups is 1. The monoisotopic (exact) mass is 406 g/mol. The second-order valence-electron chi connectivity index (χ2n) is 7.22. The van der Waals surface area contributed by atoms with Crippen molar-refractivity contribution in [1.29, 1.82) is 0 Å². The normalized spacial score (nSPS) is 14.5. The molecule has 0 spiro atoms. The third kappa shape index (κ3) is 4.77. The summed E-state index contributed by atoms with van der Waals surface area (Å²) >= 11 is 0. The van der Waals surface area contributed by atoms with Crippen LogP contribution in [-0.2, 0) is 4.79 Å². The van der Waals surface area contributed by atoms with Gasteiger partial charge in [-0.1, -0.05) is 12.1 Å². The van der Waals surface area contributed by atoms with Crippen LogP contribution in [0.3, 0.4) is 0 Å². The molecular formula is C22H23FN6O. The minimum atomic E-state index is -0.431. The molecule has 1 saturated heterocycles. The molecule has 1 N–H and O–H groups in total. The molecule has 0 atom stereocenters. The van der Waals surface area contributed by atoms with Crippen molar-refractivity contribution in [3.05, 3.63) is 66.4 Å². The summed E-state index contributed by atoms with van der Waals surface area (Å²) in [7, 11) is 0. The summed E-state index contributed by atoms with van der Waals surface area (Å²) in [6, 6.07) is 12.0. The van der Waals surface area contributed by atoms with Crippen molar-refractivity contribution >= 4 is 17.4 Å². The van der Waals surface area contributed by atoms with Gasteiger partial charge in [0.15, 0.2) is 5.82 Å². The lowest BCUT2D eigenvalue weighted by molar-refractivity contribution is -0.117. The van der Waals surface area contributed by atoms with E-state index in [0.717, 1.165) is 43.3 Å². The standard InChI is InChI=1S/C22H23FN6O/c1-16-13-20(27-22(25-16)17-5-4-8-24-14-17)29-11-9-28(10-12-29)15-21(30)26-19-7-3-2-6-18(19)23/h2-8,13-14H,9-12,15H2,1H3,(H,26,30). The highest BCUT2D eigenvalue weighted by Gasteiger charge is 2.21. The molecule has 0 radical (unpaired) electrons. The molecule has 1 fully saturated rings. The molecule has 3 heterocycles. The number of nitrogens with one attached hydrogen (secondary N) is 1. The number of benzene rings is 1. The van der Waals surface area contributed by atoms with Crippen LogP contribution in [0.2, 0.25) is 0 Å². The number of anilines is 2. The lowest BCUT2D eigenvalue weighted by atomic mass is 10.2. The zero-order valence-electron chi connectivity index (χ0n) is 16.8. The molecule has 3 aromatic rings. The van der Waals surface area contributed by atoms with Gasteiger partial charge in [-0.25, -0.2) is 14.4 Å². The first kappa shape index (κ1) is 19.9. The molecule has 4 rings (SSSR count). The number of carbonyl (C=O) groups excluding carboxylic acids is 1. The molecule has 1 aliphatic rings. The van der Waals surface area contributed by atoms with E-state index < -0.39 is 5.82 Å². The molecule has 7 nitrogen and oxygen atoms in total. The molecule has 30 heavy (non-hydrogen) atoms. The molecule has 1 aliphatic heterocycles. The van der Waals surface area contributed by atoms with E-state index in [1.807, 2.05) is 25.1 Å². The fourth-order valence-corrected chi connectivity index (χ4v) is 3.43. The first-order chi connectivity index (χ1) is 14.6. The average Bonchev–Trinajstić information content (AvgIpc) is 2.76. The molecule has 0 aliphatic carbocycles. The Morgan fingerprint density at radius 1 is 1.10 bits per heavy atom. The number of halogens is 1. The van der Waals surface area contributed by atoms with E-state index in [4.69, 9.17) is 4.98 Å². The fraction of sp³-hybridized carbons (Fsp3) is 0.273. The largest absolute Gasteiger partial charge is 0.354 e. The van der Waals surface area contributed by atoms with Crippen molar-refractivity contribution in [2.75, 3.05) is 42.9 Å². The maximum atomic E-state index is 13.7. The molecule has 0 bridgehead atoms. The maximum Gasteiger partial charge on any atom is 0.238 e. The molecule has 1 amide bonds. The second-order valence-corrected chi connectivity index (χ2v) is 7.22. The highest BCUT2D eigenvalue weighted by molar-refractivity contribution is 5.92. The number of aromatic nitrogens is 3. The van der Waals surface area contributed by atoms with Crippen molar-refractivity contribution in [2.24, 2.45) is 0 Å². The van der Waals surface area contributed by atoms with Crippen LogP contribution in [0.1, 0.15) is 5.69 Å². The van der Waals surface area contributed by atoms with Crippen LogP contribution in [0.4, 0.5) is 15.9 Å². The number of para-hydroxylation sites is 1. The summed E-state index contributed by atoms with van der Waals surface area (Å²) in [5.41, 5.74) is 1.98. The smallest absolute Gasteiger partial charge is 0.238 e. The number of nitrogens with zero attached hydrogens (tertiary/aromatic N) is 5. The van der Waals surface area contributed by atoms with Crippen LogP contribution >= 0.6 is 0 Å². The molecular weight excluding hydrogens is 383 g/mol. The van der Waals surface area contributed by atoms with Crippen molar-refractivity contribution in [3.8, 4) is 11.4 Å². The Bertz CT molecular complexity index is 1020.